The summed E-state index contributed by atoms with van der Waals surface area (Å²) in [7, 11) is 0. The Balaban J connectivity index is 2.18. The lowest BCUT2D eigenvalue weighted by molar-refractivity contribution is 0.255. The lowest BCUT2D eigenvalue weighted by Gasteiger charge is -2.06. The zero-order valence-electron chi connectivity index (χ0n) is 5.49. The second-order valence-corrected chi connectivity index (χ2v) is 2.49. The molecule has 0 bridgehead atoms. The molecule has 0 aromatic heterocycles. The third-order valence-corrected chi connectivity index (χ3v) is 1.73. The Morgan fingerprint density at radius 3 is 3.00 bits per heavy atom. The van der Waals surface area contributed by atoms with Gasteiger partial charge in [-0.05, 0) is 32.4 Å². The fourth-order valence-electron chi connectivity index (χ4n) is 1.13. The molecule has 3 heteroatoms. The lowest BCUT2D eigenvalue weighted by Crippen LogP contribution is -2.22. The summed E-state index contributed by atoms with van der Waals surface area (Å²) in [5.74, 6) is 0. The van der Waals surface area contributed by atoms with Crippen LogP contribution in [0, 0.1) is 0 Å². The van der Waals surface area contributed by atoms with E-state index in [-0.39, 0.29) is 6.04 Å². The monoisotopic (exact) mass is 132 g/mol. The van der Waals surface area contributed by atoms with Crippen LogP contribution in [0.25, 0.3) is 0 Å². The maximum absolute atomic E-state index is 11.8. The molecule has 0 aliphatic carbocycles. The Bertz CT molecular complexity index is 69.5. The Labute approximate surface area is 54.8 Å². The summed E-state index contributed by atoms with van der Waals surface area (Å²) in [6.07, 6.45) is 2.96. The van der Waals surface area contributed by atoms with E-state index in [1.807, 2.05) is 0 Å². The summed E-state index contributed by atoms with van der Waals surface area (Å²) in [4.78, 5) is 0. The van der Waals surface area contributed by atoms with Gasteiger partial charge in [-0.25, -0.2) is 0 Å². The quantitative estimate of drug-likeness (QED) is 0.511. The molecule has 0 aromatic rings. The van der Waals surface area contributed by atoms with Crippen molar-refractivity contribution in [3.8, 4) is 0 Å². The number of nitrogens with one attached hydrogen (secondary N) is 2. The smallest absolute Gasteiger partial charge is 0.0384 e. The first-order valence-corrected chi connectivity index (χ1v) is 3.50. The molecule has 0 spiro atoms. The molecule has 9 heavy (non-hydrogen) atoms. The van der Waals surface area contributed by atoms with Gasteiger partial charge in [0.05, 0.1) is 0 Å². The summed E-state index contributed by atoms with van der Waals surface area (Å²) >= 11 is 0. The number of rotatable bonds is 1. The number of hydrogen-bond acceptors (Lipinski definition) is 2. The molecule has 1 unspecified atom stereocenters. The molecule has 1 aliphatic heterocycles. The Morgan fingerprint density at radius 2 is 2.22 bits per heavy atom. The highest BCUT2D eigenvalue weighted by Gasteiger charge is 2.09. The van der Waals surface area contributed by atoms with Crippen LogP contribution >= 0.6 is 0 Å². The average molecular weight is 132 g/mol. The second kappa shape index (κ2) is 3.80. The molecule has 1 rings (SSSR count). The fraction of sp³-hybridized carbons (Fsp3) is 1.00. The molecule has 1 saturated heterocycles. The minimum absolute atomic E-state index is 0.0972. The Hall–Kier alpha value is -0.150. The first-order valence-electron chi connectivity index (χ1n) is 3.50. The van der Waals surface area contributed by atoms with Crippen LogP contribution in [0.4, 0.5) is 4.48 Å². The molecule has 0 amide bonds. The molecular formula is C6H13FN2. The maximum atomic E-state index is 11.8. The van der Waals surface area contributed by atoms with E-state index in [2.05, 4.69) is 5.32 Å². The molecule has 1 heterocycles. The van der Waals surface area contributed by atoms with Crippen LogP contribution in [0.1, 0.15) is 19.3 Å². The molecule has 1 fully saturated rings. The molecule has 2 N–H and O–H groups in total. The van der Waals surface area contributed by atoms with E-state index in [9.17, 15) is 4.48 Å². The van der Waals surface area contributed by atoms with Crippen molar-refractivity contribution in [2.24, 2.45) is 0 Å². The van der Waals surface area contributed by atoms with Crippen LogP contribution in [-0.2, 0) is 0 Å². The van der Waals surface area contributed by atoms with Gasteiger partial charge in [0.1, 0.15) is 0 Å². The molecule has 2 nitrogen and oxygen atoms in total. The average Bonchev–Trinajstić information content (AvgIpc) is 2.13. The van der Waals surface area contributed by atoms with Gasteiger partial charge in [0.2, 0.25) is 0 Å². The van der Waals surface area contributed by atoms with Gasteiger partial charge in [0, 0.05) is 6.04 Å². The standard InChI is InChI=1S/C6H13FN2/c7-9-6-2-1-4-8-5-3-6/h6,8-9H,1-5H2. The van der Waals surface area contributed by atoms with Crippen LogP contribution in [-0.4, -0.2) is 19.1 Å². The van der Waals surface area contributed by atoms with Crippen LogP contribution < -0.4 is 10.9 Å². The van der Waals surface area contributed by atoms with Crippen LogP contribution in [0.3, 0.4) is 0 Å². The maximum Gasteiger partial charge on any atom is 0.0384 e. The van der Waals surface area contributed by atoms with Gasteiger partial charge in [-0.15, -0.1) is 4.48 Å². The van der Waals surface area contributed by atoms with Crippen molar-refractivity contribution < 1.29 is 4.48 Å². The minimum Gasteiger partial charge on any atom is -0.317 e. The summed E-state index contributed by atoms with van der Waals surface area (Å²) in [6, 6.07) is 0.0972. The van der Waals surface area contributed by atoms with Crippen molar-refractivity contribution in [1.29, 1.82) is 0 Å². The fourth-order valence-corrected chi connectivity index (χ4v) is 1.13. The van der Waals surface area contributed by atoms with Crippen molar-refractivity contribution in [1.82, 2.24) is 10.9 Å². The molecule has 1 atom stereocenters. The zero-order chi connectivity index (χ0) is 6.53. The molecule has 0 aromatic carbocycles. The number of halogens is 1. The minimum atomic E-state index is 0.0972. The largest absolute Gasteiger partial charge is 0.317 e. The van der Waals surface area contributed by atoms with Crippen LogP contribution in [0.15, 0.2) is 0 Å². The molecule has 0 saturated carbocycles. The van der Waals surface area contributed by atoms with Gasteiger partial charge in [-0.3, -0.25) is 0 Å². The van der Waals surface area contributed by atoms with Gasteiger partial charge in [0.25, 0.3) is 0 Å². The van der Waals surface area contributed by atoms with Crippen molar-refractivity contribution >= 4 is 0 Å². The van der Waals surface area contributed by atoms with Crippen molar-refractivity contribution in [3.05, 3.63) is 0 Å². The highest BCUT2D eigenvalue weighted by atomic mass is 19.2. The SMILES string of the molecule is FNC1CCCNCC1. The normalized spacial score (nSPS) is 29.7. The molecular weight excluding hydrogens is 119 g/mol. The van der Waals surface area contributed by atoms with Crippen molar-refractivity contribution in [3.63, 3.8) is 0 Å². The topological polar surface area (TPSA) is 24.1 Å². The van der Waals surface area contributed by atoms with Crippen LogP contribution in [0.2, 0.25) is 0 Å². The van der Waals surface area contributed by atoms with E-state index >= 15 is 0 Å². The van der Waals surface area contributed by atoms with Gasteiger partial charge >= 0.3 is 0 Å². The van der Waals surface area contributed by atoms with Gasteiger partial charge in [0.15, 0.2) is 0 Å². The van der Waals surface area contributed by atoms with E-state index in [0.29, 0.717) is 0 Å². The lowest BCUT2D eigenvalue weighted by atomic mass is 10.1. The predicted molar refractivity (Wildman–Crippen MR) is 34.8 cm³/mol. The molecule has 1 aliphatic rings. The van der Waals surface area contributed by atoms with Crippen LogP contribution in [0.5, 0.6) is 0 Å². The molecule has 0 radical (unpaired) electrons. The summed E-state index contributed by atoms with van der Waals surface area (Å²) < 4.78 is 11.8. The van der Waals surface area contributed by atoms with E-state index < -0.39 is 0 Å². The van der Waals surface area contributed by atoms with Gasteiger partial charge in [-0.1, -0.05) is 0 Å². The Morgan fingerprint density at radius 1 is 1.33 bits per heavy atom. The summed E-state index contributed by atoms with van der Waals surface area (Å²) in [5.41, 5.74) is 1.80. The van der Waals surface area contributed by atoms with Crippen molar-refractivity contribution in [2.45, 2.75) is 25.3 Å². The highest BCUT2D eigenvalue weighted by Crippen LogP contribution is 2.03. The van der Waals surface area contributed by atoms with E-state index in [1.54, 1.807) is 5.54 Å². The van der Waals surface area contributed by atoms with E-state index in [4.69, 9.17) is 0 Å². The third-order valence-electron chi connectivity index (χ3n) is 1.73. The molecule has 54 valence electrons. The zero-order valence-corrected chi connectivity index (χ0v) is 5.49. The van der Waals surface area contributed by atoms with Crippen molar-refractivity contribution in [2.75, 3.05) is 13.1 Å². The first-order chi connectivity index (χ1) is 4.43. The highest BCUT2D eigenvalue weighted by molar-refractivity contribution is 4.68. The number of hydrogen-bond donors (Lipinski definition) is 2. The van der Waals surface area contributed by atoms with E-state index in [0.717, 1.165) is 32.4 Å². The summed E-state index contributed by atoms with van der Waals surface area (Å²) in [5, 5.41) is 3.20. The second-order valence-electron chi connectivity index (χ2n) is 2.49. The predicted octanol–water partition coefficient (Wildman–Crippen LogP) is 0.603. The van der Waals surface area contributed by atoms with Gasteiger partial charge in [-0.2, -0.15) is 5.54 Å². The third kappa shape index (κ3) is 2.28. The first kappa shape index (κ1) is 6.96. The summed E-state index contributed by atoms with van der Waals surface area (Å²) in [6.45, 7) is 1.99. The van der Waals surface area contributed by atoms with Gasteiger partial charge < -0.3 is 5.32 Å². The van der Waals surface area contributed by atoms with E-state index in [1.165, 1.54) is 0 Å². The Kier molecular flexibility index (Phi) is 2.94.